The van der Waals surface area contributed by atoms with Gasteiger partial charge in [0.2, 0.25) is 0 Å². The molecule has 0 aromatic rings. The van der Waals surface area contributed by atoms with Crippen molar-refractivity contribution in [2.75, 3.05) is 0 Å². The summed E-state index contributed by atoms with van der Waals surface area (Å²) in [5, 5.41) is 9.44. The van der Waals surface area contributed by atoms with Gasteiger partial charge >= 0.3 is 29.6 Å². The van der Waals surface area contributed by atoms with Crippen LogP contribution in [0.15, 0.2) is 0 Å². The topological polar surface area (TPSA) is 23.1 Å². The summed E-state index contributed by atoms with van der Waals surface area (Å²) < 4.78 is 0. The summed E-state index contributed by atoms with van der Waals surface area (Å²) in [4.78, 5) is 0. The summed E-state index contributed by atoms with van der Waals surface area (Å²) >= 11 is 0. The van der Waals surface area contributed by atoms with Crippen LogP contribution in [-0.2, 0) is 0 Å². The molecule has 0 aromatic heterocycles. The normalized spacial score (nSPS) is 5.44. The van der Waals surface area contributed by atoms with Crippen LogP contribution >= 0.6 is 0 Å². The predicted octanol–water partition coefficient (Wildman–Crippen LogP) is -2.88. The Bertz CT molecular complexity index is 84.8. The van der Waals surface area contributed by atoms with E-state index in [-0.39, 0.29) is 38.0 Å². The van der Waals surface area contributed by atoms with E-state index in [0.717, 1.165) is 19.3 Å². The molecule has 1 nitrogen and oxygen atoms in total. The second-order valence-electron chi connectivity index (χ2n) is 1.38. The molecule has 0 saturated carbocycles. The maximum atomic E-state index is 9.44. The van der Waals surface area contributed by atoms with Gasteiger partial charge in [-0.1, -0.05) is 13.3 Å². The fourth-order valence-corrected chi connectivity index (χ4v) is 0.316. The van der Waals surface area contributed by atoms with Crippen LogP contribution < -0.4 is 34.7 Å². The van der Waals surface area contributed by atoms with Crippen LogP contribution in [-0.4, -0.2) is 8.41 Å². The molecule has 0 rings (SSSR count). The predicted molar refractivity (Wildman–Crippen MR) is 33.1 cm³/mol. The SMILES string of the molecule is CCCCC#C[O-].[B].[Na+]. The molecule has 0 bridgehead atoms. The first-order chi connectivity index (χ1) is 3.41. The minimum atomic E-state index is 0. The molecule has 0 fully saturated rings. The van der Waals surface area contributed by atoms with Crippen LogP contribution in [0.25, 0.3) is 0 Å². The van der Waals surface area contributed by atoms with Gasteiger partial charge in [-0.15, -0.1) is 5.92 Å². The quantitative estimate of drug-likeness (QED) is 0.224. The van der Waals surface area contributed by atoms with Crippen molar-refractivity contribution in [3.8, 4) is 12.0 Å². The molecule has 3 heteroatoms. The van der Waals surface area contributed by atoms with Gasteiger partial charge in [0.05, 0.1) is 0 Å². The van der Waals surface area contributed by atoms with Gasteiger partial charge in [0.25, 0.3) is 0 Å². The molecule has 0 atom stereocenters. The molecule has 0 aliphatic rings. The minimum absolute atomic E-state index is 0. The van der Waals surface area contributed by atoms with Crippen LogP contribution in [0.4, 0.5) is 0 Å². The van der Waals surface area contributed by atoms with Crippen molar-refractivity contribution in [2.45, 2.75) is 26.2 Å². The van der Waals surface area contributed by atoms with E-state index in [0.29, 0.717) is 0 Å². The van der Waals surface area contributed by atoms with Crippen LogP contribution in [0.2, 0.25) is 0 Å². The number of rotatable bonds is 2. The zero-order valence-electron chi connectivity index (χ0n) is 6.11. The van der Waals surface area contributed by atoms with Crippen molar-refractivity contribution in [2.24, 2.45) is 0 Å². The first kappa shape index (κ1) is 16.2. The summed E-state index contributed by atoms with van der Waals surface area (Å²) in [7, 11) is 0. The Labute approximate surface area is 81.1 Å². The van der Waals surface area contributed by atoms with Crippen LogP contribution in [0.1, 0.15) is 26.2 Å². The van der Waals surface area contributed by atoms with E-state index in [4.69, 9.17) is 0 Å². The molecule has 0 spiro atoms. The van der Waals surface area contributed by atoms with Gasteiger partial charge in [-0.3, -0.25) is 0 Å². The van der Waals surface area contributed by atoms with E-state index in [1.54, 1.807) is 6.11 Å². The summed E-state index contributed by atoms with van der Waals surface area (Å²) in [6.45, 7) is 2.08. The smallest absolute Gasteiger partial charge is 0.833 e. The Hall–Kier alpha value is 0.425. The summed E-state index contributed by atoms with van der Waals surface area (Å²) in [5.41, 5.74) is 0. The number of hydrogen-bond donors (Lipinski definition) is 0. The second kappa shape index (κ2) is 15.8. The zero-order valence-corrected chi connectivity index (χ0v) is 8.11. The summed E-state index contributed by atoms with van der Waals surface area (Å²) in [5.74, 6) is 2.44. The van der Waals surface area contributed by atoms with Gasteiger partial charge in [0, 0.05) is 14.8 Å². The van der Waals surface area contributed by atoms with Crippen molar-refractivity contribution in [1.29, 1.82) is 0 Å². The van der Waals surface area contributed by atoms with E-state index >= 15 is 0 Å². The molecular formula is C6H9BNaO. The van der Waals surface area contributed by atoms with E-state index in [1.807, 2.05) is 0 Å². The van der Waals surface area contributed by atoms with Gasteiger partial charge in [0.15, 0.2) is 0 Å². The van der Waals surface area contributed by atoms with Gasteiger partial charge in [-0.25, -0.2) is 0 Å². The van der Waals surface area contributed by atoms with E-state index in [2.05, 4.69) is 12.8 Å². The first-order valence-corrected chi connectivity index (χ1v) is 2.51. The number of unbranched alkanes of at least 4 members (excludes halogenated alkanes) is 2. The average Bonchev–Trinajstić information content (AvgIpc) is 1.69. The Balaban J connectivity index is -0.000000180. The van der Waals surface area contributed by atoms with E-state index < -0.39 is 0 Å². The maximum Gasteiger partial charge on any atom is 1.00 e. The number of hydrogen-bond acceptors (Lipinski definition) is 1. The van der Waals surface area contributed by atoms with Crippen molar-refractivity contribution in [3.05, 3.63) is 0 Å². The van der Waals surface area contributed by atoms with E-state index in [9.17, 15) is 5.11 Å². The largest absolute Gasteiger partial charge is 1.00 e. The first-order valence-electron chi connectivity index (χ1n) is 2.51. The summed E-state index contributed by atoms with van der Waals surface area (Å²) in [6, 6.07) is 0. The third-order valence-electron chi connectivity index (χ3n) is 0.727. The standard InChI is InChI=1S/C6H10O.B.Na/c1-2-3-4-5-6-7;;/h7H,2-4H2,1H3;;/q;;+1/p-1. The Morgan fingerprint density at radius 2 is 2.00 bits per heavy atom. The minimum Gasteiger partial charge on any atom is -0.833 e. The molecule has 0 aromatic carbocycles. The van der Waals surface area contributed by atoms with Crippen molar-refractivity contribution < 1.29 is 34.7 Å². The molecular weight excluding hydrogens is 122 g/mol. The molecule has 0 unspecified atom stereocenters. The van der Waals surface area contributed by atoms with Crippen molar-refractivity contribution in [3.63, 3.8) is 0 Å². The van der Waals surface area contributed by atoms with Crippen molar-refractivity contribution in [1.82, 2.24) is 0 Å². The molecule has 3 radical (unpaired) electrons. The molecule has 0 heterocycles. The van der Waals surface area contributed by atoms with Crippen molar-refractivity contribution >= 4 is 8.41 Å². The average molecular weight is 131 g/mol. The zero-order chi connectivity index (χ0) is 5.54. The molecule has 0 N–H and O–H groups in total. The molecule has 0 amide bonds. The monoisotopic (exact) mass is 131 g/mol. The van der Waals surface area contributed by atoms with Crippen LogP contribution in [0.3, 0.4) is 0 Å². The fourth-order valence-electron chi connectivity index (χ4n) is 0.316. The Morgan fingerprint density at radius 3 is 2.33 bits per heavy atom. The molecule has 43 valence electrons. The van der Waals surface area contributed by atoms with E-state index in [1.165, 1.54) is 0 Å². The van der Waals surface area contributed by atoms with Gasteiger partial charge in [0.1, 0.15) is 0 Å². The van der Waals surface area contributed by atoms with Crippen LogP contribution in [0, 0.1) is 12.0 Å². The van der Waals surface area contributed by atoms with Crippen LogP contribution in [0.5, 0.6) is 0 Å². The molecule has 0 aliphatic carbocycles. The third-order valence-corrected chi connectivity index (χ3v) is 0.727. The molecule has 0 saturated heterocycles. The second-order valence-corrected chi connectivity index (χ2v) is 1.38. The Kier molecular flexibility index (Phi) is 28.4. The molecule has 0 aliphatic heterocycles. The van der Waals surface area contributed by atoms with Gasteiger partial charge in [-0.2, -0.15) is 6.11 Å². The Morgan fingerprint density at radius 1 is 1.44 bits per heavy atom. The van der Waals surface area contributed by atoms with Gasteiger partial charge in [-0.05, 0) is 6.42 Å². The van der Waals surface area contributed by atoms with Gasteiger partial charge < -0.3 is 5.11 Å². The maximum absolute atomic E-state index is 9.44. The third kappa shape index (κ3) is 17.8. The summed E-state index contributed by atoms with van der Waals surface area (Å²) in [6.07, 6.45) is 4.54. The molecule has 9 heavy (non-hydrogen) atoms. The fraction of sp³-hybridized carbons (Fsp3) is 0.667.